The van der Waals surface area contributed by atoms with Gasteiger partial charge in [-0.3, -0.25) is 14.9 Å². The van der Waals surface area contributed by atoms with Crippen molar-refractivity contribution in [1.29, 1.82) is 0 Å². The van der Waals surface area contributed by atoms with Gasteiger partial charge in [0, 0.05) is 31.3 Å². The summed E-state index contributed by atoms with van der Waals surface area (Å²) in [4.78, 5) is 32.5. The largest absolute Gasteiger partial charge is 0.369 e. The number of anilines is 1. The van der Waals surface area contributed by atoms with Gasteiger partial charge in [0.1, 0.15) is 0 Å². The minimum atomic E-state index is -0.639. The Balaban J connectivity index is 1.47. The highest BCUT2D eigenvalue weighted by atomic mass is 35.5. The molecule has 1 amide bonds. The number of hydrogen-bond acceptors (Lipinski definition) is 7. The fourth-order valence-corrected chi connectivity index (χ4v) is 5.59. The van der Waals surface area contributed by atoms with E-state index in [0.29, 0.717) is 6.54 Å². The molecular weight excluding hydrogens is 439 g/mol. The summed E-state index contributed by atoms with van der Waals surface area (Å²) in [5.74, 6) is -0.996. The second-order valence-electron chi connectivity index (χ2n) is 8.71. The van der Waals surface area contributed by atoms with Gasteiger partial charge < -0.3 is 16.0 Å². The van der Waals surface area contributed by atoms with E-state index in [1.165, 1.54) is 6.07 Å². The monoisotopic (exact) mass is 462 g/mol. The molecule has 0 spiro atoms. The minimum Gasteiger partial charge on any atom is -0.369 e. The zero-order chi connectivity index (χ0) is 23.0. The summed E-state index contributed by atoms with van der Waals surface area (Å²) in [5.41, 5.74) is 6.61. The van der Waals surface area contributed by atoms with Crippen LogP contribution in [0.15, 0.2) is 30.5 Å². The van der Waals surface area contributed by atoms with Crippen molar-refractivity contribution in [1.82, 2.24) is 14.9 Å². The predicted octanol–water partition coefficient (Wildman–Crippen LogP) is 2.85. The fraction of sp³-hybridized carbons (Fsp3) is 0.476. The van der Waals surface area contributed by atoms with Crippen molar-refractivity contribution in [2.24, 2.45) is 29.4 Å². The number of hydrogen-bond donors (Lipinski definition) is 2. The highest BCUT2D eigenvalue weighted by molar-refractivity contribution is 6.28. The second-order valence-corrected chi connectivity index (χ2v) is 9.05. The average molecular weight is 463 g/mol. The van der Waals surface area contributed by atoms with E-state index in [2.05, 4.69) is 20.2 Å². The normalized spacial score (nSPS) is 26.4. The molecule has 32 heavy (non-hydrogen) atoms. The molecule has 0 aliphatic heterocycles. The summed E-state index contributed by atoms with van der Waals surface area (Å²) in [6, 6.07) is 6.24. The summed E-state index contributed by atoms with van der Waals surface area (Å²) in [6.07, 6.45) is 2.66. The van der Waals surface area contributed by atoms with E-state index in [4.69, 9.17) is 17.3 Å². The molecule has 1 aromatic carbocycles. The number of non-ortho nitro benzene ring substituents is 1. The number of rotatable bonds is 8. The first-order valence-corrected chi connectivity index (χ1v) is 10.8. The van der Waals surface area contributed by atoms with Crippen molar-refractivity contribution in [3.05, 3.63) is 57.2 Å². The Morgan fingerprint density at radius 3 is 2.94 bits per heavy atom. The van der Waals surface area contributed by atoms with Crippen LogP contribution in [0, 0.1) is 39.6 Å². The molecule has 9 nitrogen and oxygen atoms in total. The lowest BCUT2D eigenvalue weighted by molar-refractivity contribution is -0.384. The molecule has 11 heteroatoms. The smallest absolute Gasteiger partial charge is 0.269 e. The number of nitro benzene ring substituents is 1. The molecule has 2 saturated carbocycles. The summed E-state index contributed by atoms with van der Waals surface area (Å²) in [5, 5.41) is 14.0. The molecule has 2 aliphatic rings. The maximum absolute atomic E-state index is 14.2. The number of nitrogens with two attached hydrogens (primary N) is 1. The summed E-state index contributed by atoms with van der Waals surface area (Å²) < 4.78 is 14.2. The molecular formula is C21H24ClFN6O3. The Hall–Kier alpha value is -2.85. The number of amides is 1. The molecule has 170 valence electrons. The van der Waals surface area contributed by atoms with Crippen molar-refractivity contribution in [3.63, 3.8) is 0 Å². The van der Waals surface area contributed by atoms with Crippen LogP contribution in [0.2, 0.25) is 5.28 Å². The standard InChI is InChI=1S/C21H24ClFN6O3/c1-28(9-11-3-2-4-14(5-11)29(31)32)10-13-6-12-7-15(13)18(17(12)19(24)30)26-20-16(23)8-25-21(22)27-20/h2-5,8,12-13,15,17-18H,6-7,9-10H2,1H3,(H2,24,30)(H,25,26,27)/t12-,13+,15-,17+,18-/m1/s1. The Kier molecular flexibility index (Phi) is 6.25. The number of nitrogens with zero attached hydrogens (tertiary/aromatic N) is 4. The van der Waals surface area contributed by atoms with Crippen molar-refractivity contribution >= 4 is 29.0 Å². The van der Waals surface area contributed by atoms with Gasteiger partial charge in [0.15, 0.2) is 11.6 Å². The first-order chi connectivity index (χ1) is 15.2. The quantitative estimate of drug-likeness (QED) is 0.350. The summed E-state index contributed by atoms with van der Waals surface area (Å²) >= 11 is 5.82. The Morgan fingerprint density at radius 2 is 2.22 bits per heavy atom. The third-order valence-corrected chi connectivity index (χ3v) is 6.79. The number of primary amides is 1. The van der Waals surface area contributed by atoms with Crippen molar-refractivity contribution in [2.45, 2.75) is 25.4 Å². The van der Waals surface area contributed by atoms with E-state index in [1.54, 1.807) is 12.1 Å². The number of carbonyl (C=O) groups excluding carboxylic acids is 1. The predicted molar refractivity (Wildman–Crippen MR) is 116 cm³/mol. The molecule has 4 rings (SSSR count). The van der Waals surface area contributed by atoms with Crippen molar-refractivity contribution in [3.8, 4) is 0 Å². The first-order valence-electron chi connectivity index (χ1n) is 10.4. The lowest BCUT2D eigenvalue weighted by Gasteiger charge is -2.36. The molecule has 5 atom stereocenters. The number of benzene rings is 1. The van der Waals surface area contributed by atoms with Gasteiger partial charge in [0.05, 0.1) is 17.0 Å². The van der Waals surface area contributed by atoms with Gasteiger partial charge in [0.25, 0.3) is 5.69 Å². The van der Waals surface area contributed by atoms with Gasteiger partial charge in [-0.1, -0.05) is 12.1 Å². The maximum Gasteiger partial charge on any atom is 0.269 e. The van der Waals surface area contributed by atoms with E-state index in [9.17, 15) is 19.3 Å². The fourth-order valence-electron chi connectivity index (χ4n) is 5.46. The summed E-state index contributed by atoms with van der Waals surface area (Å²) in [7, 11) is 1.96. The second kappa shape index (κ2) is 8.95. The molecule has 2 aliphatic carbocycles. The number of fused-ring (bicyclic) bond motifs is 2. The van der Waals surface area contributed by atoms with E-state index in [1.807, 2.05) is 13.1 Å². The number of nitrogens with one attached hydrogen (secondary N) is 1. The van der Waals surface area contributed by atoms with Crippen molar-refractivity contribution in [2.75, 3.05) is 18.9 Å². The molecule has 3 N–H and O–H groups in total. The number of halogens is 2. The van der Waals surface area contributed by atoms with Gasteiger partial charge in [0.2, 0.25) is 11.2 Å². The van der Waals surface area contributed by atoms with E-state index in [0.717, 1.165) is 31.1 Å². The van der Waals surface area contributed by atoms with Crippen LogP contribution in [0.3, 0.4) is 0 Å². The molecule has 0 unspecified atom stereocenters. The topological polar surface area (TPSA) is 127 Å². The molecule has 2 fully saturated rings. The van der Waals surface area contributed by atoms with E-state index in [-0.39, 0.29) is 40.6 Å². The highest BCUT2D eigenvalue weighted by Crippen LogP contribution is 2.53. The van der Waals surface area contributed by atoms with Crippen LogP contribution in [0.25, 0.3) is 0 Å². The van der Waals surface area contributed by atoms with Crippen LogP contribution in [0.1, 0.15) is 18.4 Å². The van der Waals surface area contributed by atoms with Crippen LogP contribution in [-0.2, 0) is 11.3 Å². The van der Waals surface area contributed by atoms with Crippen LogP contribution < -0.4 is 11.1 Å². The number of carbonyl (C=O) groups is 1. The Bertz CT molecular complexity index is 1040. The van der Waals surface area contributed by atoms with Gasteiger partial charge >= 0.3 is 0 Å². The van der Waals surface area contributed by atoms with Gasteiger partial charge in [-0.2, -0.15) is 4.98 Å². The van der Waals surface area contributed by atoms with Gasteiger partial charge in [-0.15, -0.1) is 0 Å². The maximum atomic E-state index is 14.2. The lowest BCUT2D eigenvalue weighted by Crippen LogP contribution is -2.47. The van der Waals surface area contributed by atoms with Crippen LogP contribution in [0.4, 0.5) is 15.9 Å². The number of nitro groups is 1. The first kappa shape index (κ1) is 22.3. The van der Waals surface area contributed by atoms with E-state index < -0.39 is 22.6 Å². The molecule has 2 aromatic rings. The molecule has 0 radical (unpaired) electrons. The average Bonchev–Trinajstić information content (AvgIpc) is 3.28. The molecule has 1 heterocycles. The van der Waals surface area contributed by atoms with Crippen LogP contribution in [0.5, 0.6) is 0 Å². The van der Waals surface area contributed by atoms with Gasteiger partial charge in [-0.05, 0) is 54.8 Å². The summed E-state index contributed by atoms with van der Waals surface area (Å²) in [6.45, 7) is 1.30. The zero-order valence-electron chi connectivity index (χ0n) is 17.4. The minimum absolute atomic E-state index is 0.0301. The van der Waals surface area contributed by atoms with E-state index >= 15 is 0 Å². The number of aromatic nitrogens is 2. The Morgan fingerprint density at radius 1 is 1.44 bits per heavy atom. The van der Waals surface area contributed by atoms with Gasteiger partial charge in [-0.25, -0.2) is 9.37 Å². The lowest BCUT2D eigenvalue weighted by atomic mass is 9.77. The molecule has 1 aromatic heterocycles. The van der Waals surface area contributed by atoms with Crippen LogP contribution >= 0.6 is 11.6 Å². The Labute approximate surface area is 189 Å². The highest BCUT2D eigenvalue weighted by Gasteiger charge is 2.55. The zero-order valence-corrected chi connectivity index (χ0v) is 18.2. The van der Waals surface area contributed by atoms with Crippen LogP contribution in [-0.4, -0.2) is 45.3 Å². The van der Waals surface area contributed by atoms with Crippen molar-refractivity contribution < 1.29 is 14.1 Å². The molecule has 2 bridgehead atoms. The SMILES string of the molecule is CN(Cc1cccc([N+](=O)[O-])c1)C[C@@H]1C[C@@H]2C[C@H]1[C@@H](Nc1nc(Cl)ncc1F)[C@H]2C(N)=O. The third kappa shape index (κ3) is 4.51. The molecule has 0 saturated heterocycles. The third-order valence-electron chi connectivity index (χ3n) is 6.61.